The summed E-state index contributed by atoms with van der Waals surface area (Å²) in [7, 11) is 0. The number of likely N-dealkylation sites (tertiary alicyclic amines) is 1. The third-order valence-electron chi connectivity index (χ3n) is 6.04. The molecule has 2 heterocycles. The Balaban J connectivity index is 1.62. The predicted octanol–water partition coefficient (Wildman–Crippen LogP) is 3.04. The first-order chi connectivity index (χ1) is 15.5. The number of carbonyl (C=O) groups is 3. The summed E-state index contributed by atoms with van der Waals surface area (Å²) < 4.78 is 10.9. The fraction of sp³-hybridized carbons (Fsp3) is 0.625. The quantitative estimate of drug-likeness (QED) is 0.736. The van der Waals surface area contributed by atoms with E-state index < -0.39 is 23.6 Å². The summed E-state index contributed by atoms with van der Waals surface area (Å²) in [4.78, 5) is 42.4. The van der Waals surface area contributed by atoms with Gasteiger partial charge >= 0.3 is 18.2 Å². The van der Waals surface area contributed by atoms with Crippen LogP contribution >= 0.6 is 0 Å². The van der Waals surface area contributed by atoms with Gasteiger partial charge in [0.05, 0.1) is 5.92 Å². The average Bonchev–Trinajstić information content (AvgIpc) is 2.76. The van der Waals surface area contributed by atoms with Crippen LogP contribution in [0.15, 0.2) is 30.3 Å². The maximum atomic E-state index is 12.7. The molecular weight excluding hydrogens is 426 g/mol. The Morgan fingerprint density at radius 2 is 1.70 bits per heavy atom. The topological polar surface area (TPSA) is 99.6 Å². The van der Waals surface area contributed by atoms with Crippen molar-refractivity contribution >= 4 is 18.2 Å². The molecule has 2 amide bonds. The van der Waals surface area contributed by atoms with E-state index in [1.807, 2.05) is 58.0 Å². The molecule has 0 radical (unpaired) electrons. The van der Waals surface area contributed by atoms with E-state index in [1.165, 1.54) is 4.90 Å². The minimum atomic E-state index is -0.916. The fourth-order valence-electron chi connectivity index (χ4n) is 4.46. The molecule has 0 bridgehead atoms. The fourth-order valence-corrected chi connectivity index (χ4v) is 4.46. The van der Waals surface area contributed by atoms with E-state index in [-0.39, 0.29) is 31.3 Å². The van der Waals surface area contributed by atoms with Gasteiger partial charge < -0.3 is 24.4 Å². The van der Waals surface area contributed by atoms with Crippen LogP contribution < -0.4 is 0 Å². The Hall–Kier alpha value is -2.81. The predicted molar refractivity (Wildman–Crippen MR) is 122 cm³/mol. The lowest BCUT2D eigenvalue weighted by Crippen LogP contribution is -2.62. The number of benzene rings is 1. The van der Waals surface area contributed by atoms with Crippen LogP contribution in [-0.4, -0.2) is 88.4 Å². The van der Waals surface area contributed by atoms with Gasteiger partial charge in [-0.15, -0.1) is 0 Å². The number of piperidine rings is 1. The molecule has 9 nitrogen and oxygen atoms in total. The maximum Gasteiger partial charge on any atom is 0.410 e. The molecule has 2 aliphatic rings. The largest absolute Gasteiger partial charge is 0.481 e. The number of carbonyl (C=O) groups excluding carboxylic acids is 2. The summed E-state index contributed by atoms with van der Waals surface area (Å²) in [5.41, 5.74) is 0.317. The summed E-state index contributed by atoms with van der Waals surface area (Å²) in [5, 5.41) is 9.68. The van der Waals surface area contributed by atoms with E-state index >= 15 is 0 Å². The van der Waals surface area contributed by atoms with Gasteiger partial charge in [-0.05, 0) is 39.7 Å². The number of carboxylic acids is 1. The van der Waals surface area contributed by atoms with Gasteiger partial charge in [-0.2, -0.15) is 0 Å². The second kappa shape index (κ2) is 10.4. The van der Waals surface area contributed by atoms with Crippen molar-refractivity contribution in [3.05, 3.63) is 35.9 Å². The molecule has 33 heavy (non-hydrogen) atoms. The molecule has 182 valence electrons. The Morgan fingerprint density at radius 1 is 1.00 bits per heavy atom. The van der Waals surface area contributed by atoms with Crippen molar-refractivity contribution in [1.82, 2.24) is 14.7 Å². The number of hydrogen-bond acceptors (Lipinski definition) is 6. The number of carboxylic acid groups (broad SMARTS) is 1. The van der Waals surface area contributed by atoms with Gasteiger partial charge in [0, 0.05) is 44.8 Å². The van der Waals surface area contributed by atoms with E-state index in [0.29, 0.717) is 32.6 Å². The van der Waals surface area contributed by atoms with Crippen molar-refractivity contribution in [2.75, 3.05) is 32.7 Å². The van der Waals surface area contributed by atoms with Crippen molar-refractivity contribution < 1.29 is 29.0 Å². The normalized spacial score (nSPS) is 24.3. The second-order valence-electron chi connectivity index (χ2n) is 9.88. The van der Waals surface area contributed by atoms with E-state index in [0.717, 1.165) is 5.56 Å². The van der Waals surface area contributed by atoms with Crippen molar-refractivity contribution in [3.8, 4) is 0 Å². The van der Waals surface area contributed by atoms with Crippen molar-refractivity contribution in [2.24, 2.45) is 5.92 Å². The highest BCUT2D eigenvalue weighted by Gasteiger charge is 2.40. The van der Waals surface area contributed by atoms with Gasteiger partial charge in [0.25, 0.3) is 0 Å². The zero-order valence-corrected chi connectivity index (χ0v) is 19.9. The van der Waals surface area contributed by atoms with E-state index in [4.69, 9.17) is 9.47 Å². The number of nitrogens with zero attached hydrogens (tertiary/aromatic N) is 3. The van der Waals surface area contributed by atoms with E-state index in [1.54, 1.807) is 4.90 Å². The number of rotatable bonds is 4. The molecule has 0 aliphatic carbocycles. The molecule has 0 aromatic heterocycles. The van der Waals surface area contributed by atoms with Crippen LogP contribution in [0.4, 0.5) is 9.59 Å². The molecule has 1 N–H and O–H groups in total. The standard InChI is InChI=1S/C24H35N3O6/c1-17-13-25(23(31)33-24(2,3)4)10-11-27(17)20-12-19(21(28)29)14-26(15-20)22(30)32-16-18-8-6-5-7-9-18/h5-9,17,19-20H,10-16H2,1-4H3,(H,28,29). The Labute approximate surface area is 195 Å². The maximum absolute atomic E-state index is 12.7. The minimum absolute atomic E-state index is 0.00556. The van der Waals surface area contributed by atoms with Gasteiger partial charge in [0.2, 0.25) is 0 Å². The lowest BCUT2D eigenvalue weighted by atomic mass is 9.92. The van der Waals surface area contributed by atoms with Gasteiger partial charge in [-0.25, -0.2) is 9.59 Å². The zero-order valence-electron chi connectivity index (χ0n) is 19.9. The van der Waals surface area contributed by atoms with E-state index in [2.05, 4.69) is 4.90 Å². The third kappa shape index (κ3) is 6.83. The monoisotopic (exact) mass is 461 g/mol. The van der Waals surface area contributed by atoms with Gasteiger partial charge in [-0.3, -0.25) is 9.69 Å². The van der Waals surface area contributed by atoms with Gasteiger partial charge in [0.15, 0.2) is 0 Å². The Kier molecular flexibility index (Phi) is 7.84. The Morgan fingerprint density at radius 3 is 2.30 bits per heavy atom. The summed E-state index contributed by atoms with van der Waals surface area (Å²) in [6.45, 7) is 9.76. The smallest absolute Gasteiger partial charge is 0.410 e. The number of hydrogen-bond donors (Lipinski definition) is 1. The summed E-state index contributed by atoms with van der Waals surface area (Å²) in [5.74, 6) is -1.58. The van der Waals surface area contributed by atoms with Gasteiger partial charge in [-0.1, -0.05) is 30.3 Å². The molecule has 2 saturated heterocycles. The molecule has 2 aliphatic heterocycles. The SMILES string of the molecule is CC1CN(C(=O)OC(C)(C)C)CCN1C1CC(C(=O)O)CN(C(=O)OCc2ccccc2)C1. The number of aliphatic carboxylic acids is 1. The first-order valence-corrected chi connectivity index (χ1v) is 11.5. The Bertz CT molecular complexity index is 840. The number of ether oxygens (including phenoxy) is 2. The molecular formula is C24H35N3O6. The van der Waals surface area contributed by atoms with Crippen LogP contribution in [0.3, 0.4) is 0 Å². The molecule has 0 spiro atoms. The lowest BCUT2D eigenvalue weighted by Gasteiger charge is -2.47. The molecule has 1 aromatic rings. The first kappa shape index (κ1) is 24.8. The second-order valence-corrected chi connectivity index (χ2v) is 9.88. The van der Waals surface area contributed by atoms with Crippen LogP contribution in [0.1, 0.15) is 39.7 Å². The summed E-state index contributed by atoms with van der Waals surface area (Å²) in [6.07, 6.45) is -0.392. The molecule has 1 aromatic carbocycles. The lowest BCUT2D eigenvalue weighted by molar-refractivity contribution is -0.144. The number of piperazine rings is 1. The van der Waals surface area contributed by atoms with Crippen LogP contribution in [0.2, 0.25) is 0 Å². The zero-order chi connectivity index (χ0) is 24.2. The summed E-state index contributed by atoms with van der Waals surface area (Å²) >= 11 is 0. The molecule has 0 saturated carbocycles. The van der Waals surface area contributed by atoms with Crippen LogP contribution in [0, 0.1) is 5.92 Å². The van der Waals surface area contributed by atoms with E-state index in [9.17, 15) is 19.5 Å². The third-order valence-corrected chi connectivity index (χ3v) is 6.04. The molecule has 3 atom stereocenters. The highest BCUT2D eigenvalue weighted by Crippen LogP contribution is 2.26. The highest BCUT2D eigenvalue weighted by atomic mass is 16.6. The molecule has 9 heteroatoms. The van der Waals surface area contributed by atoms with Crippen LogP contribution in [-0.2, 0) is 20.9 Å². The van der Waals surface area contributed by atoms with Gasteiger partial charge in [0.1, 0.15) is 12.2 Å². The highest BCUT2D eigenvalue weighted by molar-refractivity contribution is 5.73. The molecule has 3 rings (SSSR count). The minimum Gasteiger partial charge on any atom is -0.481 e. The van der Waals surface area contributed by atoms with Crippen LogP contribution in [0.25, 0.3) is 0 Å². The van der Waals surface area contributed by atoms with Crippen molar-refractivity contribution in [2.45, 2.75) is 58.4 Å². The average molecular weight is 462 g/mol. The van der Waals surface area contributed by atoms with Crippen LogP contribution in [0.5, 0.6) is 0 Å². The molecule has 3 unspecified atom stereocenters. The molecule has 2 fully saturated rings. The number of amides is 2. The van der Waals surface area contributed by atoms with Crippen molar-refractivity contribution in [1.29, 1.82) is 0 Å². The summed E-state index contributed by atoms with van der Waals surface area (Å²) in [6, 6.07) is 9.27. The first-order valence-electron chi connectivity index (χ1n) is 11.5. The van der Waals surface area contributed by atoms with Crippen molar-refractivity contribution in [3.63, 3.8) is 0 Å².